The van der Waals surface area contributed by atoms with E-state index in [1.165, 1.54) is 16.7 Å². The van der Waals surface area contributed by atoms with E-state index in [9.17, 15) is 0 Å². The van der Waals surface area contributed by atoms with Crippen molar-refractivity contribution in [1.82, 2.24) is 15.0 Å². The highest BCUT2D eigenvalue weighted by atomic mass is 16.3. The number of benzene rings is 6. The molecule has 0 saturated carbocycles. The summed E-state index contributed by atoms with van der Waals surface area (Å²) in [5.74, 6) is 2.81. The van der Waals surface area contributed by atoms with Crippen molar-refractivity contribution < 1.29 is 8.83 Å². The van der Waals surface area contributed by atoms with Crippen molar-refractivity contribution in [2.45, 2.75) is 19.8 Å². The number of para-hydroxylation sites is 2. The van der Waals surface area contributed by atoms with Crippen molar-refractivity contribution in [3.05, 3.63) is 168 Å². The van der Waals surface area contributed by atoms with E-state index in [1.807, 2.05) is 48.5 Å². The van der Waals surface area contributed by atoms with Gasteiger partial charge in [0.05, 0.1) is 0 Å². The summed E-state index contributed by atoms with van der Waals surface area (Å²) < 4.78 is 12.8. The van der Waals surface area contributed by atoms with Crippen LogP contribution in [-0.4, -0.2) is 15.0 Å². The van der Waals surface area contributed by atoms with E-state index in [1.54, 1.807) is 0 Å². The molecule has 1 unspecified atom stereocenters. The molecule has 0 aliphatic heterocycles. The lowest BCUT2D eigenvalue weighted by Crippen LogP contribution is -2.11. The first-order valence-corrected chi connectivity index (χ1v) is 19.0. The molecule has 55 heavy (non-hydrogen) atoms. The largest absolute Gasteiger partial charge is 0.456 e. The third kappa shape index (κ3) is 5.42. The number of furan rings is 2. The van der Waals surface area contributed by atoms with Crippen LogP contribution in [0.1, 0.15) is 24.5 Å². The first-order valence-electron chi connectivity index (χ1n) is 19.0. The molecule has 5 nitrogen and oxygen atoms in total. The van der Waals surface area contributed by atoms with Gasteiger partial charge in [-0.1, -0.05) is 122 Å². The Morgan fingerprint density at radius 2 is 1.25 bits per heavy atom. The highest BCUT2D eigenvalue weighted by molar-refractivity contribution is 6.16. The molecule has 0 fully saturated rings. The minimum atomic E-state index is 0.387. The molecule has 3 heterocycles. The fourth-order valence-electron chi connectivity index (χ4n) is 8.36. The van der Waals surface area contributed by atoms with Crippen LogP contribution in [-0.2, 0) is 6.42 Å². The molecule has 9 aromatic rings. The second-order valence-corrected chi connectivity index (χ2v) is 14.8. The lowest BCUT2D eigenvalue weighted by atomic mass is 9.82. The van der Waals surface area contributed by atoms with Crippen molar-refractivity contribution >= 4 is 50.0 Å². The molecule has 2 aliphatic carbocycles. The Morgan fingerprint density at radius 3 is 2.09 bits per heavy atom. The number of hydrogen-bond acceptors (Lipinski definition) is 5. The van der Waals surface area contributed by atoms with Crippen molar-refractivity contribution in [2.24, 2.45) is 11.8 Å². The quantitative estimate of drug-likeness (QED) is 0.178. The Bertz CT molecular complexity index is 3070. The number of rotatable bonds is 5. The summed E-state index contributed by atoms with van der Waals surface area (Å²) in [6, 6.07) is 43.8. The van der Waals surface area contributed by atoms with E-state index in [2.05, 4.69) is 116 Å². The summed E-state index contributed by atoms with van der Waals surface area (Å²) in [6.07, 6.45) is 13.7. The maximum absolute atomic E-state index is 6.46. The fourth-order valence-corrected chi connectivity index (χ4v) is 8.36. The van der Waals surface area contributed by atoms with Gasteiger partial charge in [-0.05, 0) is 89.1 Å². The Kier molecular flexibility index (Phi) is 7.27. The van der Waals surface area contributed by atoms with Gasteiger partial charge in [-0.15, -0.1) is 0 Å². The highest BCUT2D eigenvalue weighted by Gasteiger charge is 2.24. The van der Waals surface area contributed by atoms with Crippen LogP contribution in [0, 0.1) is 11.8 Å². The van der Waals surface area contributed by atoms with Gasteiger partial charge in [0.15, 0.2) is 17.5 Å². The van der Waals surface area contributed by atoms with Gasteiger partial charge < -0.3 is 8.83 Å². The number of fused-ring (bicyclic) bond motifs is 7. The first kappa shape index (κ1) is 31.7. The zero-order chi connectivity index (χ0) is 36.5. The summed E-state index contributed by atoms with van der Waals surface area (Å²) in [7, 11) is 0. The van der Waals surface area contributed by atoms with E-state index in [0.717, 1.165) is 84.5 Å². The van der Waals surface area contributed by atoms with Gasteiger partial charge >= 0.3 is 0 Å². The molecular weight excluding hydrogens is 675 g/mol. The third-order valence-electron chi connectivity index (χ3n) is 11.2. The topological polar surface area (TPSA) is 65.0 Å². The Balaban J connectivity index is 1.11. The predicted octanol–water partition coefficient (Wildman–Crippen LogP) is 13.0. The van der Waals surface area contributed by atoms with Crippen molar-refractivity contribution in [3.63, 3.8) is 0 Å². The van der Waals surface area contributed by atoms with Crippen LogP contribution in [0.2, 0.25) is 0 Å². The summed E-state index contributed by atoms with van der Waals surface area (Å²) >= 11 is 0. The predicted molar refractivity (Wildman–Crippen MR) is 223 cm³/mol. The second kappa shape index (κ2) is 12.6. The molecule has 0 spiro atoms. The smallest absolute Gasteiger partial charge is 0.165 e. The zero-order valence-electron chi connectivity index (χ0n) is 30.2. The van der Waals surface area contributed by atoms with Crippen LogP contribution in [0.4, 0.5) is 0 Å². The lowest BCUT2D eigenvalue weighted by molar-refractivity contribution is 0.669. The summed E-state index contributed by atoms with van der Waals surface area (Å²) in [5.41, 5.74) is 12.0. The normalized spacial score (nSPS) is 16.6. The Hall–Kier alpha value is -6.85. The molecule has 0 bridgehead atoms. The molecule has 262 valence electrons. The molecule has 3 aromatic heterocycles. The van der Waals surface area contributed by atoms with Crippen molar-refractivity contribution in [1.29, 1.82) is 0 Å². The minimum absolute atomic E-state index is 0.387. The summed E-state index contributed by atoms with van der Waals surface area (Å²) in [5, 5.41) is 4.16. The molecule has 6 aromatic carbocycles. The molecule has 0 amide bonds. The average molecular weight is 710 g/mol. The molecule has 0 saturated heterocycles. The van der Waals surface area contributed by atoms with E-state index >= 15 is 0 Å². The van der Waals surface area contributed by atoms with Gasteiger partial charge in [-0.2, -0.15) is 0 Å². The SMILES string of the molecule is C[C@@H]1C=CC(C2C=Cc3cc(-c4nc(-c5ccccc5)nc(-c5c(-c6ccc7c(c6)oc6ccccc67)ccc6oc7ccccc7c56)n4)ccc3C2)=CC1. The number of allylic oxidation sites excluding steroid dienone is 5. The van der Waals surface area contributed by atoms with E-state index in [-0.39, 0.29) is 0 Å². The van der Waals surface area contributed by atoms with Crippen LogP contribution in [0.15, 0.2) is 166 Å². The van der Waals surface area contributed by atoms with Crippen molar-refractivity contribution in [3.8, 4) is 45.3 Å². The number of hydrogen-bond donors (Lipinski definition) is 0. The standard InChI is InChI=1S/C50H35N3O2/c1-30-15-17-31(18-16-30)33-19-20-35-28-37(22-21-34(35)27-33)49-51-48(32-9-3-2-4-10-32)52-50(53-49)47-38(25-26-44-46(47)41-12-6-8-14-43(41)54-44)36-23-24-40-39-11-5-7-13-42(39)55-45(40)29-36/h2-15,17-26,28-30,33H,16,27H2,1H3/t30-,33?/m1/s1. The molecule has 2 atom stereocenters. The van der Waals surface area contributed by atoms with Gasteiger partial charge in [0.1, 0.15) is 22.3 Å². The van der Waals surface area contributed by atoms with Crippen LogP contribution < -0.4 is 0 Å². The molecule has 0 N–H and O–H groups in total. The third-order valence-corrected chi connectivity index (χ3v) is 11.2. The Morgan fingerprint density at radius 1 is 0.545 bits per heavy atom. The fraction of sp³-hybridized carbons (Fsp3) is 0.100. The van der Waals surface area contributed by atoms with E-state index in [4.69, 9.17) is 23.8 Å². The van der Waals surface area contributed by atoms with Gasteiger partial charge in [0.2, 0.25) is 0 Å². The van der Waals surface area contributed by atoms with Crippen LogP contribution in [0.25, 0.3) is 95.2 Å². The lowest BCUT2D eigenvalue weighted by Gasteiger charge is -2.23. The van der Waals surface area contributed by atoms with Crippen LogP contribution in [0.3, 0.4) is 0 Å². The van der Waals surface area contributed by atoms with Gasteiger partial charge in [0, 0.05) is 44.2 Å². The number of nitrogens with zero attached hydrogens (tertiary/aromatic N) is 3. The monoisotopic (exact) mass is 709 g/mol. The van der Waals surface area contributed by atoms with E-state index < -0.39 is 0 Å². The number of aromatic nitrogens is 3. The summed E-state index contributed by atoms with van der Waals surface area (Å²) in [4.78, 5) is 15.7. The second-order valence-electron chi connectivity index (χ2n) is 14.8. The maximum Gasteiger partial charge on any atom is 0.165 e. The van der Waals surface area contributed by atoms with Gasteiger partial charge in [-0.25, -0.2) is 15.0 Å². The average Bonchev–Trinajstić information content (AvgIpc) is 3.81. The Labute approximate surface area is 318 Å². The first-order chi connectivity index (χ1) is 27.1. The van der Waals surface area contributed by atoms with Gasteiger partial charge in [-0.3, -0.25) is 0 Å². The highest BCUT2D eigenvalue weighted by Crippen LogP contribution is 2.44. The maximum atomic E-state index is 6.46. The summed E-state index contributed by atoms with van der Waals surface area (Å²) in [6.45, 7) is 2.27. The van der Waals surface area contributed by atoms with Crippen LogP contribution >= 0.6 is 0 Å². The van der Waals surface area contributed by atoms with Crippen LogP contribution in [0.5, 0.6) is 0 Å². The van der Waals surface area contributed by atoms with Crippen molar-refractivity contribution in [2.75, 3.05) is 0 Å². The zero-order valence-corrected chi connectivity index (χ0v) is 30.2. The molecule has 5 heteroatoms. The molecule has 0 radical (unpaired) electrons. The minimum Gasteiger partial charge on any atom is -0.456 e. The molecular formula is C50H35N3O2. The molecule has 2 aliphatic rings. The molecule has 11 rings (SSSR count). The van der Waals surface area contributed by atoms with E-state index in [0.29, 0.717) is 29.3 Å². The van der Waals surface area contributed by atoms with Gasteiger partial charge in [0.25, 0.3) is 0 Å².